The van der Waals surface area contributed by atoms with Gasteiger partial charge in [0.2, 0.25) is 15.9 Å². The van der Waals surface area contributed by atoms with Gasteiger partial charge in [-0.25, -0.2) is 13.1 Å². The maximum absolute atomic E-state index is 12.1. The molecular weight excluding hydrogens is 372 g/mol. The zero-order valence-electron chi connectivity index (χ0n) is 14.7. The van der Waals surface area contributed by atoms with Crippen molar-refractivity contribution in [3.8, 4) is 0 Å². The van der Waals surface area contributed by atoms with E-state index < -0.39 is 10.0 Å². The number of hydrogen-bond acceptors (Lipinski definition) is 3. The lowest BCUT2D eigenvalue weighted by Gasteiger charge is -2.21. The van der Waals surface area contributed by atoms with Crippen molar-refractivity contribution in [1.82, 2.24) is 9.62 Å². The highest BCUT2D eigenvalue weighted by Crippen LogP contribution is 2.11. The van der Waals surface area contributed by atoms with Gasteiger partial charge in [-0.2, -0.15) is 0 Å². The molecule has 0 bridgehead atoms. The molecule has 0 unspecified atom stereocenters. The summed E-state index contributed by atoms with van der Waals surface area (Å²) in [6, 6.07) is 16.7. The minimum Gasteiger partial charge on any atom is -0.337 e. The van der Waals surface area contributed by atoms with Crippen LogP contribution in [-0.2, 0) is 27.8 Å². The summed E-state index contributed by atoms with van der Waals surface area (Å²) in [5.41, 5.74) is 1.92. The number of amides is 1. The SMILES string of the molecule is CC(=O)N(CCNS(=O)(=O)CCc1ccccc1)Cc1ccc(Cl)cc1. The fraction of sp³-hybridized carbons (Fsp3) is 0.316. The normalized spacial score (nSPS) is 11.3. The van der Waals surface area contributed by atoms with Crippen LogP contribution in [0.25, 0.3) is 0 Å². The van der Waals surface area contributed by atoms with Gasteiger partial charge in [0.05, 0.1) is 5.75 Å². The summed E-state index contributed by atoms with van der Waals surface area (Å²) in [6.07, 6.45) is 0.456. The highest BCUT2D eigenvalue weighted by molar-refractivity contribution is 7.89. The lowest BCUT2D eigenvalue weighted by molar-refractivity contribution is -0.129. The molecule has 7 heteroatoms. The summed E-state index contributed by atoms with van der Waals surface area (Å²) in [7, 11) is -3.39. The van der Waals surface area contributed by atoms with Crippen LogP contribution in [0.15, 0.2) is 54.6 Å². The van der Waals surface area contributed by atoms with E-state index in [0.29, 0.717) is 24.5 Å². The monoisotopic (exact) mass is 394 g/mol. The van der Waals surface area contributed by atoms with Crippen LogP contribution >= 0.6 is 11.6 Å². The highest BCUT2D eigenvalue weighted by Gasteiger charge is 2.13. The van der Waals surface area contributed by atoms with Crippen molar-refractivity contribution in [2.45, 2.75) is 19.9 Å². The first kappa shape index (κ1) is 20.4. The molecule has 1 amide bonds. The van der Waals surface area contributed by atoms with Crippen LogP contribution in [-0.4, -0.2) is 38.1 Å². The Balaban J connectivity index is 1.82. The molecule has 0 aliphatic heterocycles. The molecule has 0 radical (unpaired) electrons. The Bertz CT molecular complexity index is 808. The minimum absolute atomic E-state index is 0.0221. The minimum atomic E-state index is -3.39. The van der Waals surface area contributed by atoms with E-state index in [4.69, 9.17) is 11.6 Å². The summed E-state index contributed by atoms with van der Waals surface area (Å²) in [4.78, 5) is 13.4. The van der Waals surface area contributed by atoms with Gasteiger partial charge in [-0.1, -0.05) is 54.1 Å². The van der Waals surface area contributed by atoms with Crippen LogP contribution in [0.3, 0.4) is 0 Å². The maximum Gasteiger partial charge on any atom is 0.219 e. The average Bonchev–Trinajstić information content (AvgIpc) is 2.61. The number of nitrogens with zero attached hydrogens (tertiary/aromatic N) is 1. The Labute approximate surface area is 160 Å². The Morgan fingerprint density at radius 3 is 2.31 bits per heavy atom. The number of halogens is 1. The van der Waals surface area contributed by atoms with Crippen LogP contribution in [0.4, 0.5) is 0 Å². The van der Waals surface area contributed by atoms with E-state index in [1.807, 2.05) is 42.5 Å². The molecule has 5 nitrogen and oxygen atoms in total. The number of aryl methyl sites for hydroxylation is 1. The molecule has 0 fully saturated rings. The number of hydrogen-bond donors (Lipinski definition) is 1. The number of rotatable bonds is 9. The highest BCUT2D eigenvalue weighted by atomic mass is 35.5. The van der Waals surface area contributed by atoms with Gasteiger partial charge < -0.3 is 4.90 Å². The predicted octanol–water partition coefficient (Wildman–Crippen LogP) is 2.85. The summed E-state index contributed by atoms with van der Waals surface area (Å²) in [6.45, 7) is 2.38. The summed E-state index contributed by atoms with van der Waals surface area (Å²) >= 11 is 5.86. The molecule has 0 saturated carbocycles. The van der Waals surface area contributed by atoms with E-state index in [0.717, 1.165) is 11.1 Å². The average molecular weight is 395 g/mol. The van der Waals surface area contributed by atoms with Crippen LogP contribution < -0.4 is 4.72 Å². The van der Waals surface area contributed by atoms with E-state index in [-0.39, 0.29) is 18.2 Å². The second kappa shape index (κ2) is 9.71. The van der Waals surface area contributed by atoms with Gasteiger partial charge in [0, 0.05) is 31.6 Å². The standard InChI is InChI=1S/C19H23ClN2O3S/c1-16(23)22(15-18-7-9-19(20)10-8-18)13-12-21-26(24,25)14-11-17-5-3-2-4-6-17/h2-10,21H,11-15H2,1H3. The summed E-state index contributed by atoms with van der Waals surface area (Å²) < 4.78 is 26.8. The molecule has 0 aliphatic rings. The molecule has 26 heavy (non-hydrogen) atoms. The molecule has 2 rings (SSSR count). The zero-order valence-corrected chi connectivity index (χ0v) is 16.3. The third-order valence-corrected chi connectivity index (χ3v) is 5.58. The first-order valence-electron chi connectivity index (χ1n) is 8.37. The molecular formula is C19H23ClN2O3S. The van der Waals surface area contributed by atoms with E-state index in [9.17, 15) is 13.2 Å². The van der Waals surface area contributed by atoms with Gasteiger partial charge in [-0.15, -0.1) is 0 Å². The molecule has 0 atom stereocenters. The maximum atomic E-state index is 12.1. The van der Waals surface area contributed by atoms with Gasteiger partial charge in [-0.05, 0) is 29.7 Å². The van der Waals surface area contributed by atoms with Gasteiger partial charge in [-0.3, -0.25) is 4.79 Å². The fourth-order valence-electron chi connectivity index (χ4n) is 2.46. The van der Waals surface area contributed by atoms with Crippen LogP contribution in [0, 0.1) is 0 Å². The Morgan fingerprint density at radius 1 is 1.04 bits per heavy atom. The van der Waals surface area contributed by atoms with Gasteiger partial charge in [0.15, 0.2) is 0 Å². The van der Waals surface area contributed by atoms with Crippen molar-refractivity contribution in [3.05, 3.63) is 70.7 Å². The number of carbonyl (C=O) groups excluding carboxylic acids is 1. The molecule has 0 heterocycles. The van der Waals surface area contributed by atoms with Crippen molar-refractivity contribution >= 4 is 27.5 Å². The van der Waals surface area contributed by atoms with E-state index in [1.54, 1.807) is 17.0 Å². The molecule has 0 aliphatic carbocycles. The van der Waals surface area contributed by atoms with Crippen LogP contribution in [0.1, 0.15) is 18.1 Å². The smallest absolute Gasteiger partial charge is 0.219 e. The van der Waals surface area contributed by atoms with Crippen molar-refractivity contribution in [1.29, 1.82) is 0 Å². The fourth-order valence-corrected chi connectivity index (χ4v) is 3.64. The zero-order chi connectivity index (χ0) is 19.0. The van der Waals surface area contributed by atoms with E-state index in [2.05, 4.69) is 4.72 Å². The van der Waals surface area contributed by atoms with Crippen molar-refractivity contribution in [2.75, 3.05) is 18.8 Å². The lowest BCUT2D eigenvalue weighted by Crippen LogP contribution is -2.38. The second-order valence-corrected chi connectivity index (χ2v) is 8.38. The van der Waals surface area contributed by atoms with Gasteiger partial charge in [0.25, 0.3) is 0 Å². The Hall–Kier alpha value is -1.89. The summed E-state index contributed by atoms with van der Waals surface area (Å²) in [5, 5.41) is 0.634. The molecule has 0 saturated heterocycles. The lowest BCUT2D eigenvalue weighted by atomic mass is 10.2. The molecule has 1 N–H and O–H groups in total. The second-order valence-electron chi connectivity index (χ2n) is 6.02. The summed E-state index contributed by atoms with van der Waals surface area (Å²) in [5.74, 6) is -0.0858. The van der Waals surface area contributed by atoms with Crippen LogP contribution in [0.5, 0.6) is 0 Å². The number of sulfonamides is 1. The first-order chi connectivity index (χ1) is 12.4. The van der Waals surface area contributed by atoms with Crippen molar-refractivity contribution in [2.24, 2.45) is 0 Å². The predicted molar refractivity (Wildman–Crippen MR) is 104 cm³/mol. The van der Waals surface area contributed by atoms with E-state index >= 15 is 0 Å². The number of carbonyl (C=O) groups is 1. The largest absolute Gasteiger partial charge is 0.337 e. The van der Waals surface area contributed by atoms with Gasteiger partial charge >= 0.3 is 0 Å². The Morgan fingerprint density at radius 2 is 1.69 bits per heavy atom. The number of nitrogens with one attached hydrogen (secondary N) is 1. The number of benzene rings is 2. The van der Waals surface area contributed by atoms with Crippen LogP contribution in [0.2, 0.25) is 5.02 Å². The molecule has 2 aromatic rings. The van der Waals surface area contributed by atoms with Gasteiger partial charge in [0.1, 0.15) is 0 Å². The van der Waals surface area contributed by atoms with E-state index in [1.165, 1.54) is 6.92 Å². The first-order valence-corrected chi connectivity index (χ1v) is 10.4. The third-order valence-electron chi connectivity index (χ3n) is 3.94. The third kappa shape index (κ3) is 7.15. The molecule has 0 aromatic heterocycles. The quantitative estimate of drug-likeness (QED) is 0.711. The topological polar surface area (TPSA) is 66.5 Å². The van der Waals surface area contributed by atoms with Crippen molar-refractivity contribution in [3.63, 3.8) is 0 Å². The molecule has 140 valence electrons. The molecule has 0 spiro atoms. The Kier molecular flexibility index (Phi) is 7.63. The van der Waals surface area contributed by atoms with Crippen molar-refractivity contribution < 1.29 is 13.2 Å². The molecule has 2 aromatic carbocycles.